The van der Waals surface area contributed by atoms with Gasteiger partial charge in [0.05, 0.1) is 24.1 Å². The molecule has 4 rings (SSSR count). The Kier molecular flexibility index (Phi) is 5.90. The Morgan fingerprint density at radius 2 is 2.00 bits per heavy atom. The minimum Gasteiger partial charge on any atom is -0.504 e. The number of aromatic hydroxyl groups is 1. The van der Waals surface area contributed by atoms with E-state index in [0.717, 1.165) is 16.1 Å². The molecule has 8 heteroatoms. The average Bonchev–Trinajstić information content (AvgIpc) is 3.28. The van der Waals surface area contributed by atoms with Gasteiger partial charge in [0.25, 0.3) is 5.56 Å². The van der Waals surface area contributed by atoms with Crippen LogP contribution in [0.15, 0.2) is 52.6 Å². The minimum absolute atomic E-state index is 0.122. The van der Waals surface area contributed by atoms with Crippen LogP contribution in [0, 0.1) is 0 Å². The Labute approximate surface area is 178 Å². The maximum atomic E-state index is 12.3. The molecule has 3 aromatic rings. The lowest BCUT2D eigenvalue weighted by molar-refractivity contribution is -0.0389. The Hall–Kier alpha value is -2.68. The first kappa shape index (κ1) is 20.6. The number of hydrogen-bond acceptors (Lipinski definition) is 7. The predicted octanol–water partition coefficient (Wildman–Crippen LogP) is 2.71. The van der Waals surface area contributed by atoms with Crippen LogP contribution in [0.2, 0.25) is 0 Å². The molecule has 158 valence electrons. The number of ether oxygens (including phenoxy) is 1. The van der Waals surface area contributed by atoms with Gasteiger partial charge in [0, 0.05) is 25.7 Å². The van der Waals surface area contributed by atoms with Crippen LogP contribution in [0.25, 0.3) is 10.6 Å². The molecule has 0 spiro atoms. The maximum absolute atomic E-state index is 12.3. The van der Waals surface area contributed by atoms with E-state index in [4.69, 9.17) is 4.74 Å². The van der Waals surface area contributed by atoms with Gasteiger partial charge in [-0.05, 0) is 48.1 Å². The minimum atomic E-state index is -0.964. The highest BCUT2D eigenvalue weighted by Crippen LogP contribution is 2.29. The van der Waals surface area contributed by atoms with E-state index in [1.165, 1.54) is 17.9 Å². The Morgan fingerprint density at radius 3 is 2.70 bits per heavy atom. The molecule has 0 aliphatic carbocycles. The summed E-state index contributed by atoms with van der Waals surface area (Å²) in [5.41, 5.74) is 0.611. The first-order valence-electron chi connectivity index (χ1n) is 9.88. The summed E-state index contributed by atoms with van der Waals surface area (Å²) in [6.45, 7) is 2.31. The van der Waals surface area contributed by atoms with Crippen LogP contribution >= 0.6 is 11.3 Å². The van der Waals surface area contributed by atoms with E-state index in [1.54, 1.807) is 23.5 Å². The van der Waals surface area contributed by atoms with Crippen molar-refractivity contribution in [1.82, 2.24) is 14.7 Å². The number of piperidine rings is 1. The quantitative estimate of drug-likeness (QED) is 0.629. The molecule has 3 heterocycles. The molecule has 7 nitrogen and oxygen atoms in total. The second-order valence-corrected chi connectivity index (χ2v) is 8.65. The van der Waals surface area contributed by atoms with Crippen molar-refractivity contribution >= 4 is 11.3 Å². The first-order valence-corrected chi connectivity index (χ1v) is 10.8. The fourth-order valence-corrected chi connectivity index (χ4v) is 4.45. The number of aliphatic hydroxyl groups is 1. The topological polar surface area (TPSA) is 87.8 Å². The molecule has 0 saturated carbocycles. The lowest BCUT2D eigenvalue weighted by Gasteiger charge is -2.38. The summed E-state index contributed by atoms with van der Waals surface area (Å²) in [6.07, 6.45) is 1.11. The molecule has 1 aliphatic rings. The molecule has 1 aromatic carbocycles. The van der Waals surface area contributed by atoms with E-state index in [9.17, 15) is 15.0 Å². The Balaban J connectivity index is 1.41. The number of hydrogen-bond donors (Lipinski definition) is 2. The van der Waals surface area contributed by atoms with Crippen LogP contribution in [0.4, 0.5) is 0 Å². The molecule has 0 atom stereocenters. The van der Waals surface area contributed by atoms with Gasteiger partial charge >= 0.3 is 0 Å². The number of thiophene rings is 1. The summed E-state index contributed by atoms with van der Waals surface area (Å²) in [7, 11) is 1.53. The smallest absolute Gasteiger partial charge is 0.266 e. The van der Waals surface area contributed by atoms with Crippen LogP contribution in [0.3, 0.4) is 0 Å². The van der Waals surface area contributed by atoms with Crippen molar-refractivity contribution in [3.8, 4) is 22.1 Å². The summed E-state index contributed by atoms with van der Waals surface area (Å²) in [5, 5.41) is 27.3. The standard InChI is InChI=1S/C22H25N3O4S/c1-29-19-13-16(4-6-18(19)26)14-24-10-8-22(28,9-11-24)15-25-21(27)7-5-17(23-25)20-3-2-12-30-20/h2-7,12-13,26,28H,8-11,14-15H2,1H3. The number of benzene rings is 1. The molecule has 1 aliphatic heterocycles. The third-order valence-corrected chi connectivity index (χ3v) is 6.41. The normalized spacial score (nSPS) is 16.5. The zero-order valence-electron chi connectivity index (χ0n) is 16.8. The molecule has 0 bridgehead atoms. The lowest BCUT2D eigenvalue weighted by atomic mass is 9.91. The van der Waals surface area contributed by atoms with Gasteiger partial charge in [-0.1, -0.05) is 12.1 Å². The molecule has 1 fully saturated rings. The number of nitrogens with zero attached hydrogens (tertiary/aromatic N) is 3. The van der Waals surface area contributed by atoms with Gasteiger partial charge in [0.15, 0.2) is 11.5 Å². The number of phenols is 1. The molecular weight excluding hydrogens is 402 g/mol. The van der Waals surface area contributed by atoms with E-state index in [0.29, 0.717) is 38.2 Å². The van der Waals surface area contributed by atoms with Crippen LogP contribution in [0.5, 0.6) is 11.5 Å². The van der Waals surface area contributed by atoms with Crippen LogP contribution in [-0.2, 0) is 13.1 Å². The fraction of sp³-hybridized carbons (Fsp3) is 0.364. The predicted molar refractivity (Wildman–Crippen MR) is 116 cm³/mol. The molecular formula is C22H25N3O4S. The van der Waals surface area contributed by atoms with Crippen molar-refractivity contribution in [2.24, 2.45) is 0 Å². The van der Waals surface area contributed by atoms with Crippen molar-refractivity contribution in [3.05, 3.63) is 63.8 Å². The van der Waals surface area contributed by atoms with Gasteiger partial charge < -0.3 is 14.9 Å². The summed E-state index contributed by atoms with van der Waals surface area (Å²) >= 11 is 1.57. The monoisotopic (exact) mass is 427 g/mol. The summed E-state index contributed by atoms with van der Waals surface area (Å²) in [6, 6.07) is 12.5. The van der Waals surface area contributed by atoms with E-state index in [-0.39, 0.29) is 17.9 Å². The van der Waals surface area contributed by atoms with E-state index >= 15 is 0 Å². The molecule has 0 radical (unpaired) electrons. The van der Waals surface area contributed by atoms with Crippen molar-refractivity contribution in [2.75, 3.05) is 20.2 Å². The molecule has 2 aromatic heterocycles. The van der Waals surface area contributed by atoms with E-state index < -0.39 is 5.60 Å². The van der Waals surface area contributed by atoms with E-state index in [2.05, 4.69) is 10.00 Å². The van der Waals surface area contributed by atoms with Gasteiger partial charge in [0.2, 0.25) is 0 Å². The summed E-state index contributed by atoms with van der Waals surface area (Å²) in [4.78, 5) is 15.5. The molecule has 0 amide bonds. The zero-order valence-corrected chi connectivity index (χ0v) is 17.6. The van der Waals surface area contributed by atoms with Crippen molar-refractivity contribution < 1.29 is 14.9 Å². The first-order chi connectivity index (χ1) is 14.5. The third-order valence-electron chi connectivity index (χ3n) is 5.52. The lowest BCUT2D eigenvalue weighted by Crippen LogP contribution is -2.48. The number of rotatable bonds is 6. The van der Waals surface area contributed by atoms with Gasteiger partial charge in [-0.3, -0.25) is 9.69 Å². The largest absolute Gasteiger partial charge is 0.504 e. The van der Waals surface area contributed by atoms with Gasteiger partial charge in [-0.25, -0.2) is 4.68 Å². The molecule has 30 heavy (non-hydrogen) atoms. The Morgan fingerprint density at radius 1 is 1.20 bits per heavy atom. The van der Waals surface area contributed by atoms with Gasteiger partial charge in [-0.15, -0.1) is 11.3 Å². The van der Waals surface area contributed by atoms with Gasteiger partial charge in [-0.2, -0.15) is 5.10 Å². The average molecular weight is 428 g/mol. The van der Waals surface area contributed by atoms with Crippen LogP contribution in [-0.4, -0.2) is 50.7 Å². The highest BCUT2D eigenvalue weighted by Gasteiger charge is 2.33. The zero-order chi connectivity index (χ0) is 21.1. The fourth-order valence-electron chi connectivity index (χ4n) is 3.76. The SMILES string of the molecule is COc1cc(CN2CCC(O)(Cn3nc(-c4cccs4)ccc3=O)CC2)ccc1O. The highest BCUT2D eigenvalue weighted by atomic mass is 32.1. The second kappa shape index (κ2) is 8.59. The maximum Gasteiger partial charge on any atom is 0.266 e. The van der Waals surface area contributed by atoms with Crippen molar-refractivity contribution in [3.63, 3.8) is 0 Å². The van der Waals surface area contributed by atoms with E-state index in [1.807, 2.05) is 29.6 Å². The number of phenolic OH excluding ortho intramolecular Hbond substituents is 1. The molecule has 0 unspecified atom stereocenters. The number of aromatic nitrogens is 2. The van der Waals surface area contributed by atoms with Crippen LogP contribution in [0.1, 0.15) is 18.4 Å². The van der Waals surface area contributed by atoms with Crippen LogP contribution < -0.4 is 10.3 Å². The van der Waals surface area contributed by atoms with Crippen molar-refractivity contribution in [1.29, 1.82) is 0 Å². The van der Waals surface area contributed by atoms with Crippen molar-refractivity contribution in [2.45, 2.75) is 31.5 Å². The highest BCUT2D eigenvalue weighted by molar-refractivity contribution is 7.13. The number of methoxy groups -OCH3 is 1. The number of likely N-dealkylation sites (tertiary alicyclic amines) is 1. The molecule has 2 N–H and O–H groups in total. The summed E-state index contributed by atoms with van der Waals surface area (Å²) < 4.78 is 6.56. The third kappa shape index (κ3) is 4.56. The molecule has 1 saturated heterocycles. The summed E-state index contributed by atoms with van der Waals surface area (Å²) in [5.74, 6) is 0.578. The van der Waals surface area contributed by atoms with Gasteiger partial charge in [0.1, 0.15) is 5.69 Å². The second-order valence-electron chi connectivity index (χ2n) is 7.70. The Bertz CT molecular complexity index is 1060.